The molecule has 0 saturated heterocycles. The van der Waals surface area contributed by atoms with Crippen molar-refractivity contribution in [2.45, 2.75) is 38.5 Å². The third-order valence-electron chi connectivity index (χ3n) is 2.90. The van der Waals surface area contributed by atoms with E-state index in [-0.39, 0.29) is 43.7 Å². The fraction of sp³-hybridized carbons (Fsp3) is 0.462. The zero-order valence-corrected chi connectivity index (χ0v) is 8.92. The first-order valence-electron chi connectivity index (χ1n) is 5.57. The Balaban J connectivity index is 0.00000128. The zero-order valence-electron chi connectivity index (χ0n) is 8.92. The van der Waals surface area contributed by atoms with E-state index < -0.39 is 0 Å². The molecule has 0 N–H and O–H groups in total. The quantitative estimate of drug-likeness (QED) is 0.434. The molecule has 3 heteroatoms. The van der Waals surface area contributed by atoms with E-state index in [9.17, 15) is 4.79 Å². The number of carbonyl (C=O) groups is 1. The van der Waals surface area contributed by atoms with Crippen LogP contribution >= 0.6 is 0 Å². The summed E-state index contributed by atoms with van der Waals surface area (Å²) in [6, 6.07) is 0. The topological polar surface area (TPSA) is 26.3 Å². The molecule has 0 amide bonds. The van der Waals surface area contributed by atoms with E-state index in [0.717, 1.165) is 49.9 Å². The van der Waals surface area contributed by atoms with Gasteiger partial charge in [-0.1, -0.05) is 12.7 Å². The SMILES string of the molecule is C=C(C(=O)OC1=CCCC1)C1=CCCC1.[CaH2]. The molecule has 0 aromatic heterocycles. The molecular weight excluding hydrogens is 228 g/mol. The Morgan fingerprint density at radius 3 is 2.44 bits per heavy atom. The number of rotatable bonds is 3. The standard InChI is InChI=1S/C13H16O2.Ca.2H/c1-10(11-6-2-3-7-11)13(14)15-12-8-4-5-9-12;;;/h6,8H,1-5,7,9H2;;;. The van der Waals surface area contributed by atoms with Crippen LogP contribution in [-0.4, -0.2) is 43.7 Å². The van der Waals surface area contributed by atoms with Crippen LogP contribution in [0.5, 0.6) is 0 Å². The van der Waals surface area contributed by atoms with E-state index in [4.69, 9.17) is 4.74 Å². The normalized spacial score (nSPS) is 18.5. The minimum absolute atomic E-state index is 0. The molecule has 0 fully saturated rings. The summed E-state index contributed by atoms with van der Waals surface area (Å²) in [6.45, 7) is 3.81. The molecule has 0 radical (unpaired) electrons. The summed E-state index contributed by atoms with van der Waals surface area (Å²) in [5.74, 6) is 0.552. The van der Waals surface area contributed by atoms with Gasteiger partial charge in [0.25, 0.3) is 0 Å². The van der Waals surface area contributed by atoms with Crippen molar-refractivity contribution < 1.29 is 9.53 Å². The van der Waals surface area contributed by atoms with Gasteiger partial charge in [-0.05, 0) is 43.8 Å². The third-order valence-corrected chi connectivity index (χ3v) is 2.90. The molecule has 2 rings (SSSR count). The molecule has 0 aromatic carbocycles. The number of allylic oxidation sites excluding steroid dienone is 3. The van der Waals surface area contributed by atoms with Crippen LogP contribution in [0.15, 0.2) is 35.6 Å². The average molecular weight is 246 g/mol. The second-order valence-corrected chi connectivity index (χ2v) is 4.05. The number of esters is 1. The van der Waals surface area contributed by atoms with Gasteiger partial charge in [-0.2, -0.15) is 0 Å². The van der Waals surface area contributed by atoms with Gasteiger partial charge < -0.3 is 4.74 Å². The maximum absolute atomic E-state index is 11.7. The van der Waals surface area contributed by atoms with Crippen LogP contribution in [0, 0.1) is 0 Å². The second kappa shape index (κ2) is 6.63. The van der Waals surface area contributed by atoms with Crippen molar-refractivity contribution in [1.29, 1.82) is 0 Å². The van der Waals surface area contributed by atoms with Gasteiger partial charge in [0, 0.05) is 6.42 Å². The van der Waals surface area contributed by atoms with Crippen molar-refractivity contribution in [2.75, 3.05) is 0 Å². The Morgan fingerprint density at radius 1 is 1.19 bits per heavy atom. The van der Waals surface area contributed by atoms with E-state index in [0.29, 0.717) is 5.57 Å². The van der Waals surface area contributed by atoms with Crippen molar-refractivity contribution in [3.05, 3.63) is 35.6 Å². The van der Waals surface area contributed by atoms with Gasteiger partial charge >= 0.3 is 43.7 Å². The molecule has 84 valence electrons. The Kier molecular flexibility index (Phi) is 5.81. The molecule has 0 atom stereocenters. The van der Waals surface area contributed by atoms with Crippen LogP contribution in [0.2, 0.25) is 0 Å². The number of ether oxygens (including phenoxy) is 1. The Bertz CT molecular complexity index is 353. The van der Waals surface area contributed by atoms with Crippen LogP contribution < -0.4 is 0 Å². The molecule has 0 aliphatic heterocycles. The summed E-state index contributed by atoms with van der Waals surface area (Å²) >= 11 is 0. The van der Waals surface area contributed by atoms with Crippen LogP contribution in [-0.2, 0) is 9.53 Å². The summed E-state index contributed by atoms with van der Waals surface area (Å²) in [7, 11) is 0. The van der Waals surface area contributed by atoms with E-state index in [1.165, 1.54) is 0 Å². The van der Waals surface area contributed by atoms with Gasteiger partial charge in [-0.3, -0.25) is 0 Å². The number of hydrogen-bond acceptors (Lipinski definition) is 2. The summed E-state index contributed by atoms with van der Waals surface area (Å²) in [5, 5.41) is 0. The first kappa shape index (κ1) is 14.0. The van der Waals surface area contributed by atoms with Crippen LogP contribution in [0.4, 0.5) is 0 Å². The zero-order chi connectivity index (χ0) is 10.7. The molecule has 2 aliphatic rings. The molecule has 16 heavy (non-hydrogen) atoms. The molecular formula is C13H18CaO2. The predicted molar refractivity (Wildman–Crippen MR) is 67.6 cm³/mol. The first-order valence-corrected chi connectivity index (χ1v) is 5.57. The minimum atomic E-state index is -0.267. The fourth-order valence-corrected chi connectivity index (χ4v) is 1.99. The Hall–Kier alpha value is -0.0503. The van der Waals surface area contributed by atoms with Crippen molar-refractivity contribution in [1.82, 2.24) is 0 Å². The Morgan fingerprint density at radius 2 is 1.88 bits per heavy atom. The molecule has 0 bridgehead atoms. The number of hydrogen-bond donors (Lipinski definition) is 0. The van der Waals surface area contributed by atoms with Crippen LogP contribution in [0.1, 0.15) is 38.5 Å². The molecule has 0 heterocycles. The molecule has 2 aliphatic carbocycles. The fourth-order valence-electron chi connectivity index (χ4n) is 1.99. The molecule has 0 aromatic rings. The van der Waals surface area contributed by atoms with Crippen molar-refractivity contribution in [3.8, 4) is 0 Å². The van der Waals surface area contributed by atoms with Gasteiger partial charge in [-0.25, -0.2) is 4.79 Å². The van der Waals surface area contributed by atoms with Crippen molar-refractivity contribution >= 4 is 43.7 Å². The van der Waals surface area contributed by atoms with Gasteiger partial charge in [0.2, 0.25) is 0 Å². The van der Waals surface area contributed by atoms with Gasteiger partial charge in [0.15, 0.2) is 0 Å². The van der Waals surface area contributed by atoms with Gasteiger partial charge in [0.05, 0.1) is 5.57 Å². The summed E-state index contributed by atoms with van der Waals surface area (Å²) in [4.78, 5) is 11.7. The van der Waals surface area contributed by atoms with Crippen molar-refractivity contribution in [3.63, 3.8) is 0 Å². The van der Waals surface area contributed by atoms with Crippen LogP contribution in [0.25, 0.3) is 0 Å². The summed E-state index contributed by atoms with van der Waals surface area (Å²) in [5.41, 5.74) is 1.61. The van der Waals surface area contributed by atoms with Gasteiger partial charge in [0.1, 0.15) is 5.76 Å². The summed E-state index contributed by atoms with van der Waals surface area (Å²) < 4.78 is 5.27. The van der Waals surface area contributed by atoms with E-state index in [1.807, 2.05) is 6.08 Å². The molecule has 2 nitrogen and oxygen atoms in total. The molecule has 0 saturated carbocycles. The van der Waals surface area contributed by atoms with Gasteiger partial charge in [-0.15, -0.1) is 0 Å². The Labute approximate surface area is 126 Å². The van der Waals surface area contributed by atoms with Crippen LogP contribution in [0.3, 0.4) is 0 Å². The predicted octanol–water partition coefficient (Wildman–Crippen LogP) is 2.35. The first-order chi connectivity index (χ1) is 7.27. The average Bonchev–Trinajstić information content (AvgIpc) is 2.88. The third kappa shape index (κ3) is 3.47. The molecule has 0 spiro atoms. The summed E-state index contributed by atoms with van der Waals surface area (Å²) in [6.07, 6.45) is 10.2. The molecule has 0 unspecified atom stereocenters. The van der Waals surface area contributed by atoms with E-state index in [1.54, 1.807) is 0 Å². The van der Waals surface area contributed by atoms with E-state index >= 15 is 0 Å². The van der Waals surface area contributed by atoms with Crippen molar-refractivity contribution in [2.24, 2.45) is 0 Å². The number of carbonyl (C=O) groups excluding carboxylic acids is 1. The van der Waals surface area contributed by atoms with E-state index in [2.05, 4.69) is 12.7 Å². The monoisotopic (exact) mass is 246 g/mol. The second-order valence-electron chi connectivity index (χ2n) is 4.05. The maximum atomic E-state index is 11.7.